The highest BCUT2D eigenvalue weighted by atomic mass is 14.8. The summed E-state index contributed by atoms with van der Waals surface area (Å²) in [6.07, 6.45) is 0. The fraction of sp³-hybridized carbons (Fsp3) is 0.200. The van der Waals surface area contributed by atoms with Crippen molar-refractivity contribution in [3.63, 3.8) is 0 Å². The molecule has 0 saturated carbocycles. The van der Waals surface area contributed by atoms with Crippen molar-refractivity contribution in [2.75, 3.05) is 19.3 Å². The van der Waals surface area contributed by atoms with Crippen molar-refractivity contribution < 1.29 is 0 Å². The zero-order valence-electron chi connectivity index (χ0n) is 7.09. The third-order valence-electron chi connectivity index (χ3n) is 1.38. The van der Waals surface area contributed by atoms with Crippen LogP contribution in [0.1, 0.15) is 5.56 Å². The largest absolute Gasteiger partial charge is 0.399 e. The van der Waals surface area contributed by atoms with Crippen LogP contribution in [0.25, 0.3) is 0 Å². The standard InChI is InChI=1S/C10H12N2/c1-12-7-3-5-9-4-2-6-10(11)8-9/h2,4,6,8,12H,7,11H2,1H3. The number of nitrogen functional groups attached to an aromatic ring is 1. The van der Waals surface area contributed by atoms with Crippen LogP contribution in [-0.2, 0) is 0 Å². The van der Waals surface area contributed by atoms with Crippen molar-refractivity contribution in [1.29, 1.82) is 0 Å². The van der Waals surface area contributed by atoms with Gasteiger partial charge in [-0.2, -0.15) is 0 Å². The number of hydrogen-bond donors (Lipinski definition) is 2. The molecular formula is C10H12N2. The molecule has 1 rings (SSSR count). The summed E-state index contributed by atoms with van der Waals surface area (Å²) in [5.74, 6) is 5.96. The fourth-order valence-electron chi connectivity index (χ4n) is 0.851. The first-order valence-electron chi connectivity index (χ1n) is 3.82. The first kappa shape index (κ1) is 8.63. The summed E-state index contributed by atoms with van der Waals surface area (Å²) in [5.41, 5.74) is 7.30. The first-order valence-corrected chi connectivity index (χ1v) is 3.82. The molecule has 2 heteroatoms. The molecule has 1 aromatic rings. The molecule has 62 valence electrons. The Bertz CT molecular complexity index is 307. The van der Waals surface area contributed by atoms with E-state index in [0.717, 1.165) is 11.3 Å². The second-order valence-corrected chi connectivity index (χ2v) is 2.46. The van der Waals surface area contributed by atoms with Crippen molar-refractivity contribution in [2.45, 2.75) is 0 Å². The normalized spacial score (nSPS) is 8.75. The van der Waals surface area contributed by atoms with Crippen molar-refractivity contribution in [3.05, 3.63) is 29.8 Å². The van der Waals surface area contributed by atoms with Crippen LogP contribution in [0.5, 0.6) is 0 Å². The summed E-state index contributed by atoms with van der Waals surface area (Å²) in [7, 11) is 1.87. The fourth-order valence-corrected chi connectivity index (χ4v) is 0.851. The van der Waals surface area contributed by atoms with E-state index in [1.807, 2.05) is 31.3 Å². The molecule has 0 aliphatic rings. The minimum absolute atomic E-state index is 0.703. The van der Waals surface area contributed by atoms with Gasteiger partial charge < -0.3 is 11.1 Å². The second-order valence-electron chi connectivity index (χ2n) is 2.46. The molecule has 0 amide bonds. The summed E-state index contributed by atoms with van der Waals surface area (Å²) >= 11 is 0. The number of nitrogens with one attached hydrogen (secondary N) is 1. The van der Waals surface area contributed by atoms with Crippen LogP contribution in [0.15, 0.2) is 24.3 Å². The lowest BCUT2D eigenvalue weighted by Gasteiger charge is -1.92. The Morgan fingerprint density at radius 2 is 2.33 bits per heavy atom. The molecule has 0 spiro atoms. The molecule has 0 unspecified atom stereocenters. The lowest BCUT2D eigenvalue weighted by atomic mass is 10.2. The predicted octanol–water partition coefficient (Wildman–Crippen LogP) is 0.840. The summed E-state index contributed by atoms with van der Waals surface area (Å²) in [6, 6.07) is 7.56. The van der Waals surface area contributed by atoms with Gasteiger partial charge in [-0.05, 0) is 25.2 Å². The smallest absolute Gasteiger partial charge is 0.0577 e. The lowest BCUT2D eigenvalue weighted by Crippen LogP contribution is -2.04. The molecule has 0 bridgehead atoms. The Balaban J connectivity index is 2.71. The third-order valence-corrected chi connectivity index (χ3v) is 1.38. The quantitative estimate of drug-likeness (QED) is 0.472. The highest BCUT2D eigenvalue weighted by Gasteiger charge is 1.85. The number of nitrogens with two attached hydrogens (primary N) is 1. The number of hydrogen-bond acceptors (Lipinski definition) is 2. The summed E-state index contributed by atoms with van der Waals surface area (Å²) in [4.78, 5) is 0. The molecule has 0 aromatic heterocycles. The summed E-state index contributed by atoms with van der Waals surface area (Å²) in [5, 5.41) is 2.95. The van der Waals surface area contributed by atoms with E-state index >= 15 is 0 Å². The zero-order chi connectivity index (χ0) is 8.81. The van der Waals surface area contributed by atoms with Gasteiger partial charge in [-0.25, -0.2) is 0 Å². The Kier molecular flexibility index (Phi) is 3.18. The van der Waals surface area contributed by atoms with E-state index in [1.54, 1.807) is 0 Å². The summed E-state index contributed by atoms with van der Waals surface area (Å²) < 4.78 is 0. The minimum Gasteiger partial charge on any atom is -0.399 e. The molecule has 0 saturated heterocycles. The molecule has 0 aliphatic heterocycles. The van der Waals surface area contributed by atoms with Crippen LogP contribution in [0.4, 0.5) is 5.69 Å². The summed E-state index contributed by atoms with van der Waals surface area (Å²) in [6.45, 7) is 0.703. The molecule has 12 heavy (non-hydrogen) atoms. The minimum atomic E-state index is 0.703. The molecule has 0 fully saturated rings. The van der Waals surface area contributed by atoms with Gasteiger partial charge in [0.2, 0.25) is 0 Å². The van der Waals surface area contributed by atoms with E-state index in [0.29, 0.717) is 6.54 Å². The van der Waals surface area contributed by atoms with Crippen LogP contribution in [-0.4, -0.2) is 13.6 Å². The van der Waals surface area contributed by atoms with Gasteiger partial charge >= 0.3 is 0 Å². The topological polar surface area (TPSA) is 38.0 Å². The maximum atomic E-state index is 5.58. The van der Waals surface area contributed by atoms with Gasteiger partial charge in [-0.15, -0.1) is 0 Å². The van der Waals surface area contributed by atoms with E-state index < -0.39 is 0 Å². The van der Waals surface area contributed by atoms with Crippen LogP contribution >= 0.6 is 0 Å². The van der Waals surface area contributed by atoms with E-state index in [1.165, 1.54) is 0 Å². The van der Waals surface area contributed by atoms with Crippen molar-refractivity contribution in [1.82, 2.24) is 5.32 Å². The molecule has 3 N–H and O–H groups in total. The molecule has 2 nitrogen and oxygen atoms in total. The van der Waals surface area contributed by atoms with Crippen molar-refractivity contribution in [3.8, 4) is 11.8 Å². The van der Waals surface area contributed by atoms with Gasteiger partial charge in [-0.1, -0.05) is 17.9 Å². The van der Waals surface area contributed by atoms with E-state index in [9.17, 15) is 0 Å². The number of rotatable bonds is 1. The van der Waals surface area contributed by atoms with Gasteiger partial charge in [0.15, 0.2) is 0 Å². The molecule has 0 heterocycles. The Morgan fingerprint density at radius 3 is 3.00 bits per heavy atom. The third kappa shape index (κ3) is 2.65. The number of benzene rings is 1. The van der Waals surface area contributed by atoms with Crippen LogP contribution in [0.3, 0.4) is 0 Å². The van der Waals surface area contributed by atoms with Crippen molar-refractivity contribution >= 4 is 5.69 Å². The van der Waals surface area contributed by atoms with Crippen LogP contribution in [0, 0.1) is 11.8 Å². The second kappa shape index (κ2) is 4.42. The highest BCUT2D eigenvalue weighted by molar-refractivity contribution is 5.46. The Morgan fingerprint density at radius 1 is 1.50 bits per heavy atom. The molecule has 1 aromatic carbocycles. The maximum Gasteiger partial charge on any atom is 0.0577 e. The molecular weight excluding hydrogens is 148 g/mol. The van der Waals surface area contributed by atoms with Gasteiger partial charge in [0.25, 0.3) is 0 Å². The monoisotopic (exact) mass is 160 g/mol. The molecule has 0 radical (unpaired) electrons. The SMILES string of the molecule is CNCC#Cc1cccc(N)c1. The van der Waals surface area contributed by atoms with Gasteiger partial charge in [-0.3, -0.25) is 0 Å². The van der Waals surface area contributed by atoms with Gasteiger partial charge in [0.05, 0.1) is 6.54 Å². The zero-order valence-corrected chi connectivity index (χ0v) is 7.09. The highest BCUT2D eigenvalue weighted by Crippen LogP contribution is 2.04. The number of anilines is 1. The maximum absolute atomic E-state index is 5.58. The van der Waals surface area contributed by atoms with E-state index in [4.69, 9.17) is 5.73 Å². The van der Waals surface area contributed by atoms with E-state index in [-0.39, 0.29) is 0 Å². The average Bonchev–Trinajstić information content (AvgIpc) is 2.05. The van der Waals surface area contributed by atoms with Crippen molar-refractivity contribution in [2.24, 2.45) is 0 Å². The molecule has 0 atom stereocenters. The first-order chi connectivity index (χ1) is 5.83. The van der Waals surface area contributed by atoms with Crippen LogP contribution < -0.4 is 11.1 Å². The Labute approximate surface area is 72.8 Å². The Hall–Kier alpha value is -1.46. The van der Waals surface area contributed by atoms with E-state index in [2.05, 4.69) is 17.2 Å². The van der Waals surface area contributed by atoms with Crippen LogP contribution in [0.2, 0.25) is 0 Å². The van der Waals surface area contributed by atoms with Gasteiger partial charge in [0.1, 0.15) is 0 Å². The predicted molar refractivity (Wildman–Crippen MR) is 51.7 cm³/mol. The average molecular weight is 160 g/mol. The molecule has 0 aliphatic carbocycles. The lowest BCUT2D eigenvalue weighted by molar-refractivity contribution is 0.938. The van der Waals surface area contributed by atoms with Gasteiger partial charge in [0, 0.05) is 11.3 Å².